The van der Waals surface area contributed by atoms with Gasteiger partial charge in [0.25, 0.3) is 0 Å². The van der Waals surface area contributed by atoms with Crippen molar-refractivity contribution in [2.45, 2.75) is 19.4 Å². The van der Waals surface area contributed by atoms with Gasteiger partial charge in [0.1, 0.15) is 5.75 Å². The van der Waals surface area contributed by atoms with Gasteiger partial charge in [-0.2, -0.15) is 5.10 Å². The predicted octanol–water partition coefficient (Wildman–Crippen LogP) is 5.42. The van der Waals surface area contributed by atoms with E-state index >= 15 is 0 Å². The van der Waals surface area contributed by atoms with E-state index < -0.39 is 0 Å². The Bertz CT molecular complexity index is 867. The number of anilines is 1. The second-order valence-electron chi connectivity index (χ2n) is 6.19. The van der Waals surface area contributed by atoms with Crippen molar-refractivity contribution >= 4 is 22.7 Å². The molecule has 4 rings (SSSR count). The normalized spacial score (nSPS) is 16.8. The lowest BCUT2D eigenvalue weighted by molar-refractivity contribution is 0.415. The zero-order chi connectivity index (χ0) is 17.2. The summed E-state index contributed by atoms with van der Waals surface area (Å²) in [5.41, 5.74) is 4.68. The highest BCUT2D eigenvalue weighted by molar-refractivity contribution is 7.10. The average molecular weight is 348 g/mol. The van der Waals surface area contributed by atoms with Gasteiger partial charge < -0.3 is 4.74 Å². The maximum Gasteiger partial charge on any atom is 0.119 e. The largest absolute Gasteiger partial charge is 0.497 e. The van der Waals surface area contributed by atoms with Crippen molar-refractivity contribution in [3.8, 4) is 5.75 Å². The lowest BCUT2D eigenvalue weighted by Gasteiger charge is -2.22. The molecule has 126 valence electrons. The number of benzene rings is 2. The Kier molecular flexibility index (Phi) is 4.28. The molecule has 0 saturated heterocycles. The van der Waals surface area contributed by atoms with Gasteiger partial charge in [-0.3, -0.25) is 5.01 Å². The third-order valence-corrected chi connectivity index (χ3v) is 5.48. The van der Waals surface area contributed by atoms with Crippen LogP contribution in [0.25, 0.3) is 0 Å². The van der Waals surface area contributed by atoms with Gasteiger partial charge in [0, 0.05) is 11.3 Å². The Morgan fingerprint density at radius 3 is 2.44 bits per heavy atom. The van der Waals surface area contributed by atoms with E-state index in [1.807, 2.05) is 12.1 Å². The van der Waals surface area contributed by atoms with Crippen LogP contribution in [0.2, 0.25) is 0 Å². The maximum atomic E-state index is 5.28. The van der Waals surface area contributed by atoms with Crippen molar-refractivity contribution in [2.24, 2.45) is 5.10 Å². The summed E-state index contributed by atoms with van der Waals surface area (Å²) < 4.78 is 5.28. The lowest BCUT2D eigenvalue weighted by Crippen LogP contribution is -2.17. The van der Waals surface area contributed by atoms with E-state index in [-0.39, 0.29) is 6.04 Å². The molecular weight excluding hydrogens is 328 g/mol. The third-order valence-electron chi connectivity index (χ3n) is 4.50. The summed E-state index contributed by atoms with van der Waals surface area (Å²) in [4.78, 5) is 1.33. The summed E-state index contributed by atoms with van der Waals surface area (Å²) in [6, 6.07) is 21.3. The Morgan fingerprint density at radius 2 is 1.80 bits per heavy atom. The molecule has 2 heterocycles. The van der Waals surface area contributed by atoms with Crippen LogP contribution in [0.5, 0.6) is 5.75 Å². The highest BCUT2D eigenvalue weighted by Crippen LogP contribution is 2.38. The molecule has 4 heteroatoms. The number of aryl methyl sites for hydroxylation is 1. The number of hydrazone groups is 1. The van der Waals surface area contributed by atoms with Gasteiger partial charge >= 0.3 is 0 Å². The van der Waals surface area contributed by atoms with Gasteiger partial charge in [0.2, 0.25) is 0 Å². The van der Waals surface area contributed by atoms with Crippen LogP contribution in [0.4, 0.5) is 5.69 Å². The van der Waals surface area contributed by atoms with Crippen LogP contribution >= 0.6 is 11.3 Å². The van der Waals surface area contributed by atoms with Crippen molar-refractivity contribution in [3.63, 3.8) is 0 Å². The topological polar surface area (TPSA) is 24.8 Å². The molecule has 0 fully saturated rings. The number of ether oxygens (including phenoxy) is 1. The molecule has 0 spiro atoms. The quantitative estimate of drug-likeness (QED) is 0.629. The first-order valence-corrected chi connectivity index (χ1v) is 9.24. The van der Waals surface area contributed by atoms with E-state index in [0.717, 1.165) is 23.6 Å². The third kappa shape index (κ3) is 3.17. The second-order valence-corrected chi connectivity index (χ2v) is 7.17. The van der Waals surface area contributed by atoms with E-state index in [2.05, 4.69) is 65.8 Å². The van der Waals surface area contributed by atoms with E-state index in [9.17, 15) is 0 Å². The molecule has 3 nitrogen and oxygen atoms in total. The predicted molar refractivity (Wildman–Crippen MR) is 105 cm³/mol. The van der Waals surface area contributed by atoms with Crippen LogP contribution in [-0.4, -0.2) is 12.8 Å². The minimum atomic E-state index is 0.240. The standard InChI is InChI=1S/C21H20N2OS/c1-15-5-7-16(8-6-15)19-14-20(21-4-3-13-25-21)23(22-19)17-9-11-18(24-2)12-10-17/h3-13,20H,14H2,1-2H3/t20-/m1/s1. The maximum absolute atomic E-state index is 5.28. The Balaban J connectivity index is 1.71. The number of hydrogen-bond acceptors (Lipinski definition) is 4. The van der Waals surface area contributed by atoms with Gasteiger partial charge in [-0.25, -0.2) is 0 Å². The number of thiophene rings is 1. The van der Waals surface area contributed by atoms with Gasteiger partial charge in [-0.05, 0) is 48.2 Å². The summed E-state index contributed by atoms with van der Waals surface area (Å²) in [5.74, 6) is 0.860. The van der Waals surface area contributed by atoms with Crippen LogP contribution < -0.4 is 9.75 Å². The van der Waals surface area contributed by atoms with Crippen molar-refractivity contribution in [1.29, 1.82) is 0 Å². The molecule has 2 aromatic carbocycles. The molecule has 1 atom stereocenters. The van der Waals surface area contributed by atoms with Crippen LogP contribution in [0.1, 0.15) is 28.5 Å². The zero-order valence-electron chi connectivity index (χ0n) is 14.3. The lowest BCUT2D eigenvalue weighted by atomic mass is 10.0. The zero-order valence-corrected chi connectivity index (χ0v) is 15.2. The first kappa shape index (κ1) is 15.9. The molecule has 1 aliphatic heterocycles. The van der Waals surface area contributed by atoms with Crippen LogP contribution in [0, 0.1) is 6.92 Å². The molecule has 0 N–H and O–H groups in total. The Hall–Kier alpha value is -2.59. The molecule has 0 saturated carbocycles. The highest BCUT2D eigenvalue weighted by Gasteiger charge is 2.30. The summed E-state index contributed by atoms with van der Waals surface area (Å²) in [7, 11) is 1.69. The monoisotopic (exact) mass is 348 g/mol. The fraction of sp³-hybridized carbons (Fsp3) is 0.190. The molecule has 0 amide bonds. The molecule has 0 bridgehead atoms. The number of hydrogen-bond donors (Lipinski definition) is 0. The summed E-state index contributed by atoms with van der Waals surface area (Å²) in [5, 5.41) is 9.24. The molecule has 1 aromatic heterocycles. The number of nitrogens with zero attached hydrogens (tertiary/aromatic N) is 2. The molecular formula is C21H20N2OS. The van der Waals surface area contributed by atoms with Gasteiger partial charge in [-0.1, -0.05) is 35.9 Å². The minimum Gasteiger partial charge on any atom is -0.497 e. The smallest absolute Gasteiger partial charge is 0.119 e. The molecule has 1 aliphatic rings. The first-order valence-electron chi connectivity index (χ1n) is 8.36. The summed E-state index contributed by atoms with van der Waals surface area (Å²) in [6.07, 6.45) is 0.912. The van der Waals surface area contributed by atoms with Gasteiger partial charge in [-0.15, -0.1) is 11.3 Å². The van der Waals surface area contributed by atoms with E-state index in [1.165, 1.54) is 16.0 Å². The summed E-state index contributed by atoms with van der Waals surface area (Å²) >= 11 is 1.79. The Labute approximate surface area is 152 Å². The van der Waals surface area contributed by atoms with Gasteiger partial charge in [0.15, 0.2) is 0 Å². The Morgan fingerprint density at radius 1 is 1.04 bits per heavy atom. The van der Waals surface area contributed by atoms with E-state index in [0.29, 0.717) is 0 Å². The highest BCUT2D eigenvalue weighted by atomic mass is 32.1. The minimum absolute atomic E-state index is 0.240. The molecule has 3 aromatic rings. The molecule has 25 heavy (non-hydrogen) atoms. The second kappa shape index (κ2) is 6.73. The molecule has 0 aliphatic carbocycles. The first-order chi connectivity index (χ1) is 12.2. The molecule has 0 radical (unpaired) electrons. The SMILES string of the molecule is COc1ccc(N2N=C(c3ccc(C)cc3)C[C@@H]2c2cccs2)cc1. The van der Waals surface area contributed by atoms with E-state index in [4.69, 9.17) is 9.84 Å². The summed E-state index contributed by atoms with van der Waals surface area (Å²) in [6.45, 7) is 2.11. The van der Waals surface area contributed by atoms with Crippen molar-refractivity contribution in [1.82, 2.24) is 0 Å². The van der Waals surface area contributed by atoms with Crippen LogP contribution in [0.15, 0.2) is 71.1 Å². The van der Waals surface area contributed by atoms with Crippen LogP contribution in [-0.2, 0) is 0 Å². The number of rotatable bonds is 4. The fourth-order valence-electron chi connectivity index (χ4n) is 3.11. The van der Waals surface area contributed by atoms with Gasteiger partial charge in [0.05, 0.1) is 24.6 Å². The van der Waals surface area contributed by atoms with E-state index in [1.54, 1.807) is 18.4 Å². The van der Waals surface area contributed by atoms with Crippen LogP contribution in [0.3, 0.4) is 0 Å². The average Bonchev–Trinajstić information content (AvgIpc) is 3.32. The fourth-order valence-corrected chi connectivity index (χ4v) is 3.92. The van der Waals surface area contributed by atoms with Crippen molar-refractivity contribution in [2.75, 3.05) is 12.1 Å². The van der Waals surface area contributed by atoms with Crippen molar-refractivity contribution < 1.29 is 4.74 Å². The molecule has 0 unspecified atom stereocenters. The number of methoxy groups -OCH3 is 1. The van der Waals surface area contributed by atoms with Crippen molar-refractivity contribution in [3.05, 3.63) is 82.0 Å².